The fourth-order valence-electron chi connectivity index (χ4n) is 9.88. The lowest BCUT2D eigenvalue weighted by Crippen LogP contribution is -2.35. The van der Waals surface area contributed by atoms with Crippen molar-refractivity contribution in [3.05, 3.63) is 82.1 Å². The van der Waals surface area contributed by atoms with Crippen LogP contribution in [0.15, 0.2) is 66.1 Å². The van der Waals surface area contributed by atoms with Gasteiger partial charge in [0.15, 0.2) is 5.78 Å². The summed E-state index contributed by atoms with van der Waals surface area (Å²) in [4.78, 5) is 65.7. The number of esters is 4. The van der Waals surface area contributed by atoms with Crippen LogP contribution in [0.5, 0.6) is 17.2 Å². The largest absolute Gasteiger partial charge is 0.497 e. The zero-order chi connectivity index (χ0) is 44.1. The van der Waals surface area contributed by atoms with E-state index in [1.807, 2.05) is 35.7 Å². The lowest BCUT2D eigenvalue weighted by molar-refractivity contribution is -0.160. The summed E-state index contributed by atoms with van der Waals surface area (Å²) in [5, 5.41) is 1.85. The molecule has 0 amide bonds. The molecule has 0 saturated heterocycles. The Labute approximate surface area is 375 Å². The third-order valence-corrected chi connectivity index (χ3v) is 14.7. The van der Waals surface area contributed by atoms with E-state index < -0.39 is 0 Å². The van der Waals surface area contributed by atoms with Crippen LogP contribution in [0.25, 0.3) is 6.08 Å². The summed E-state index contributed by atoms with van der Waals surface area (Å²) in [6, 6.07) is 16.3. The molecule has 2 aromatic carbocycles. The van der Waals surface area contributed by atoms with Gasteiger partial charge in [-0.3, -0.25) is 24.0 Å². The van der Waals surface area contributed by atoms with Crippen LogP contribution in [0.2, 0.25) is 0 Å². The topological polar surface area (TPSA) is 141 Å². The number of hydrogen-bond donors (Lipinski definition) is 0. The minimum Gasteiger partial charge on any atom is -0.497 e. The molecular formula is C51H62O11S. The van der Waals surface area contributed by atoms with E-state index in [-0.39, 0.29) is 65.5 Å². The second kappa shape index (κ2) is 22.7. The quantitative estimate of drug-likeness (QED) is 0.0588. The molecule has 338 valence electrons. The molecule has 11 nitrogen and oxygen atoms in total. The molecule has 0 N–H and O–H groups in total. The maximum Gasteiger partial charge on any atom is 0.314 e. The smallest absolute Gasteiger partial charge is 0.314 e. The van der Waals surface area contributed by atoms with Crippen molar-refractivity contribution in [1.82, 2.24) is 0 Å². The molecule has 0 bridgehead atoms. The van der Waals surface area contributed by atoms with Crippen LogP contribution in [-0.4, -0.2) is 62.7 Å². The molecule has 12 heteroatoms. The Morgan fingerprint density at radius 2 is 1.10 bits per heavy atom. The Morgan fingerprint density at radius 1 is 0.587 bits per heavy atom. The number of benzene rings is 2. The lowest BCUT2D eigenvalue weighted by Gasteiger charge is -2.38. The molecule has 63 heavy (non-hydrogen) atoms. The number of rotatable bonds is 16. The molecule has 0 radical (unpaired) electrons. The number of carbonyl (C=O) groups excluding carboxylic acids is 5. The lowest BCUT2D eigenvalue weighted by atomic mass is 9.72. The van der Waals surface area contributed by atoms with Crippen molar-refractivity contribution in [1.29, 1.82) is 0 Å². The zero-order valence-electron chi connectivity index (χ0n) is 36.7. The number of methoxy groups -OCH3 is 2. The first-order valence-corrected chi connectivity index (χ1v) is 23.9. The number of thiophene rings is 1. The fraction of sp³-hybridized carbons (Fsp3) is 0.549. The van der Waals surface area contributed by atoms with Crippen molar-refractivity contribution in [2.75, 3.05) is 20.8 Å². The number of allylic oxidation sites excluding steroid dienone is 1. The highest BCUT2D eigenvalue weighted by Crippen LogP contribution is 2.41. The summed E-state index contributed by atoms with van der Waals surface area (Å²) < 4.78 is 34.1. The van der Waals surface area contributed by atoms with Crippen LogP contribution >= 0.6 is 11.3 Å². The van der Waals surface area contributed by atoms with E-state index in [1.165, 1.54) is 17.4 Å². The van der Waals surface area contributed by atoms with Crippen LogP contribution in [-0.2, 0) is 39.8 Å². The van der Waals surface area contributed by atoms with Gasteiger partial charge in [-0.2, -0.15) is 0 Å². The standard InChI is InChI=1S/C51H62O11S/c1-57-30-29-33-5-20-41(21-6-33)59-48(53)36-7-9-37(10-8-36)49(54)60-42-22-15-34(16-23-42)35-17-24-43(25-18-35)61-50(55)38-11-13-39(14-12-38)51(56)62-46-28-26-44(58-2)32-40(46)19-27-45(52)47-4-3-31-63-47/h3-6,19-21,26-28,31-32,34-39,42-43H,7-18,22-25,29-30H2,1-2H3/b27-19+. The van der Waals surface area contributed by atoms with Gasteiger partial charge >= 0.3 is 23.9 Å². The Balaban J connectivity index is 0.764. The van der Waals surface area contributed by atoms with Crippen molar-refractivity contribution >= 4 is 47.1 Å². The van der Waals surface area contributed by atoms with Crippen molar-refractivity contribution in [2.24, 2.45) is 35.5 Å². The van der Waals surface area contributed by atoms with Gasteiger partial charge in [0.05, 0.1) is 42.3 Å². The highest BCUT2D eigenvalue weighted by atomic mass is 32.1. The third-order valence-electron chi connectivity index (χ3n) is 13.8. The van der Waals surface area contributed by atoms with Gasteiger partial charge in [0.1, 0.15) is 29.5 Å². The molecule has 0 atom stereocenters. The molecule has 4 aliphatic rings. The van der Waals surface area contributed by atoms with E-state index in [0.717, 1.165) is 63.4 Å². The minimum absolute atomic E-state index is 0.0479. The second-order valence-electron chi connectivity index (χ2n) is 17.9. The van der Waals surface area contributed by atoms with Gasteiger partial charge in [0, 0.05) is 12.7 Å². The van der Waals surface area contributed by atoms with Crippen LogP contribution in [0.3, 0.4) is 0 Å². The Kier molecular flexibility index (Phi) is 16.6. The van der Waals surface area contributed by atoms with Gasteiger partial charge in [-0.15, -0.1) is 11.3 Å². The van der Waals surface area contributed by atoms with E-state index in [1.54, 1.807) is 44.6 Å². The van der Waals surface area contributed by atoms with E-state index in [9.17, 15) is 24.0 Å². The molecule has 1 aromatic heterocycles. The first-order valence-electron chi connectivity index (χ1n) is 23.0. The number of ketones is 1. The average molecular weight is 883 g/mol. The van der Waals surface area contributed by atoms with E-state index in [4.69, 9.17) is 28.4 Å². The second-order valence-corrected chi connectivity index (χ2v) is 18.8. The van der Waals surface area contributed by atoms with Crippen molar-refractivity contribution < 1.29 is 52.4 Å². The molecular weight excluding hydrogens is 821 g/mol. The maximum absolute atomic E-state index is 13.3. The monoisotopic (exact) mass is 882 g/mol. The normalized spacial score (nSPS) is 26.3. The molecule has 0 spiro atoms. The van der Waals surface area contributed by atoms with Crippen molar-refractivity contribution in [3.63, 3.8) is 0 Å². The SMILES string of the molecule is COCCc1ccc(OC(=O)C2CCC(C(=O)OC3CCC(C4CCC(OC(=O)C5CCC(C(=O)Oc6ccc(OC)cc6/C=C/C(=O)c6cccs6)CC5)CC4)CC3)CC2)cc1. The summed E-state index contributed by atoms with van der Waals surface area (Å²) in [5.74, 6) is 0.762. The van der Waals surface area contributed by atoms with Gasteiger partial charge in [0.2, 0.25) is 0 Å². The van der Waals surface area contributed by atoms with Crippen molar-refractivity contribution in [2.45, 2.75) is 121 Å². The summed E-state index contributed by atoms with van der Waals surface area (Å²) in [6.07, 6.45) is 16.2. The van der Waals surface area contributed by atoms with Crippen LogP contribution in [0, 0.1) is 35.5 Å². The average Bonchev–Trinajstić information content (AvgIpc) is 3.87. The Hall–Kier alpha value is -4.81. The fourth-order valence-corrected chi connectivity index (χ4v) is 10.5. The molecule has 0 aliphatic heterocycles. The molecule has 1 heterocycles. The Morgan fingerprint density at radius 3 is 1.59 bits per heavy atom. The van der Waals surface area contributed by atoms with Crippen LogP contribution < -0.4 is 14.2 Å². The summed E-state index contributed by atoms with van der Waals surface area (Å²) in [7, 11) is 3.23. The molecule has 3 aromatic rings. The van der Waals surface area contributed by atoms with E-state index >= 15 is 0 Å². The molecule has 4 aliphatic carbocycles. The predicted octanol–water partition coefficient (Wildman–Crippen LogP) is 10.2. The van der Waals surface area contributed by atoms with Crippen LogP contribution in [0.1, 0.15) is 124 Å². The highest BCUT2D eigenvalue weighted by molar-refractivity contribution is 7.12. The number of ether oxygens (including phenoxy) is 6. The summed E-state index contributed by atoms with van der Waals surface area (Å²) >= 11 is 1.37. The minimum atomic E-state index is -0.340. The Bertz CT molecular complexity index is 2010. The van der Waals surface area contributed by atoms with Crippen LogP contribution in [0.4, 0.5) is 0 Å². The van der Waals surface area contributed by atoms with E-state index in [2.05, 4.69) is 0 Å². The van der Waals surface area contributed by atoms with Crippen molar-refractivity contribution in [3.8, 4) is 17.2 Å². The van der Waals surface area contributed by atoms with E-state index in [0.29, 0.717) is 97.5 Å². The first-order chi connectivity index (χ1) is 30.6. The van der Waals surface area contributed by atoms with Gasteiger partial charge < -0.3 is 28.4 Å². The third kappa shape index (κ3) is 12.9. The highest BCUT2D eigenvalue weighted by Gasteiger charge is 2.37. The molecule has 4 fully saturated rings. The van der Waals surface area contributed by atoms with Gasteiger partial charge in [-0.25, -0.2) is 0 Å². The number of hydrogen-bond acceptors (Lipinski definition) is 12. The van der Waals surface area contributed by atoms with Gasteiger partial charge in [-0.05, 0) is 180 Å². The van der Waals surface area contributed by atoms with Gasteiger partial charge in [0.25, 0.3) is 0 Å². The molecule has 0 unspecified atom stereocenters. The molecule has 4 saturated carbocycles. The first kappa shape index (κ1) is 46.2. The maximum atomic E-state index is 13.3. The number of carbonyl (C=O) groups is 5. The summed E-state index contributed by atoms with van der Waals surface area (Å²) in [6.45, 7) is 0.642. The predicted molar refractivity (Wildman–Crippen MR) is 239 cm³/mol. The van der Waals surface area contributed by atoms with Gasteiger partial charge in [-0.1, -0.05) is 18.2 Å². The summed E-state index contributed by atoms with van der Waals surface area (Å²) in [5.41, 5.74) is 1.69. The zero-order valence-corrected chi connectivity index (χ0v) is 37.5. The molecule has 7 rings (SSSR count).